The molecule has 98 valence electrons. The van der Waals surface area contributed by atoms with E-state index in [1.165, 1.54) is 6.07 Å². The summed E-state index contributed by atoms with van der Waals surface area (Å²) >= 11 is 0. The van der Waals surface area contributed by atoms with Gasteiger partial charge in [-0.15, -0.1) is 0 Å². The molecule has 2 aliphatic heterocycles. The zero-order chi connectivity index (χ0) is 12.8. The summed E-state index contributed by atoms with van der Waals surface area (Å²) in [6, 6.07) is 5.84. The minimum absolute atomic E-state index is 0.207. The molecule has 0 atom stereocenters. The number of para-hydroxylation sites is 1. The first-order valence-electron chi connectivity index (χ1n) is 6.12. The monoisotopic (exact) mass is 256 g/mol. The summed E-state index contributed by atoms with van der Waals surface area (Å²) in [5, 5.41) is 3.28. The number of hydrogen-bond donors (Lipinski definition) is 1. The van der Waals surface area contributed by atoms with Crippen LogP contribution in [0.3, 0.4) is 0 Å². The van der Waals surface area contributed by atoms with Crippen LogP contribution >= 0.6 is 0 Å². The molecular formula is C13H15F3N2. The first-order chi connectivity index (χ1) is 8.50. The first-order valence-corrected chi connectivity index (χ1v) is 6.12. The highest BCUT2D eigenvalue weighted by Crippen LogP contribution is 2.43. The second-order valence-electron chi connectivity index (χ2n) is 5.30. The van der Waals surface area contributed by atoms with Gasteiger partial charge in [0.2, 0.25) is 0 Å². The van der Waals surface area contributed by atoms with Crippen molar-refractivity contribution in [2.24, 2.45) is 5.41 Å². The van der Waals surface area contributed by atoms with Crippen molar-refractivity contribution in [3.8, 4) is 0 Å². The number of anilines is 1. The number of benzene rings is 1. The lowest BCUT2D eigenvalue weighted by Gasteiger charge is -2.49. The van der Waals surface area contributed by atoms with Gasteiger partial charge in [-0.1, -0.05) is 12.1 Å². The summed E-state index contributed by atoms with van der Waals surface area (Å²) in [5.41, 5.74) is 0.00643. The summed E-state index contributed by atoms with van der Waals surface area (Å²) in [4.78, 5) is 1.84. The molecule has 1 N–H and O–H groups in total. The van der Waals surface area contributed by atoms with E-state index in [2.05, 4.69) is 5.32 Å². The van der Waals surface area contributed by atoms with Crippen LogP contribution < -0.4 is 10.2 Å². The summed E-state index contributed by atoms with van der Waals surface area (Å²) < 4.78 is 38.7. The molecule has 3 rings (SSSR count). The predicted octanol–water partition coefficient (Wildman–Crippen LogP) is 2.51. The molecular weight excluding hydrogens is 241 g/mol. The Balaban J connectivity index is 1.82. The van der Waals surface area contributed by atoms with E-state index in [1.54, 1.807) is 12.1 Å². The number of nitrogens with one attached hydrogen (secondary N) is 1. The fraction of sp³-hybridized carbons (Fsp3) is 0.538. The number of rotatable bonds is 1. The molecule has 0 radical (unpaired) electrons. The highest BCUT2D eigenvalue weighted by Gasteiger charge is 2.47. The number of halogens is 3. The van der Waals surface area contributed by atoms with E-state index >= 15 is 0 Å². The van der Waals surface area contributed by atoms with Crippen LogP contribution in [-0.2, 0) is 6.18 Å². The van der Waals surface area contributed by atoms with Crippen molar-refractivity contribution in [2.75, 3.05) is 31.1 Å². The topological polar surface area (TPSA) is 15.3 Å². The Kier molecular flexibility index (Phi) is 2.55. The molecule has 5 heteroatoms. The molecule has 1 aromatic rings. The molecule has 2 saturated heterocycles. The van der Waals surface area contributed by atoms with E-state index < -0.39 is 11.7 Å². The minimum Gasteiger partial charge on any atom is -0.370 e. The van der Waals surface area contributed by atoms with Gasteiger partial charge < -0.3 is 10.2 Å². The molecule has 0 aromatic heterocycles. The third-order valence-corrected chi connectivity index (χ3v) is 3.93. The van der Waals surface area contributed by atoms with Gasteiger partial charge in [-0.3, -0.25) is 0 Å². The molecule has 0 aliphatic carbocycles. The van der Waals surface area contributed by atoms with E-state index in [4.69, 9.17) is 0 Å². The fourth-order valence-electron chi connectivity index (χ4n) is 2.99. The van der Waals surface area contributed by atoms with Crippen LogP contribution in [0, 0.1) is 5.41 Å². The highest BCUT2D eigenvalue weighted by molar-refractivity contribution is 5.57. The van der Waals surface area contributed by atoms with E-state index in [9.17, 15) is 13.2 Å². The Hall–Kier alpha value is -1.23. The Morgan fingerprint density at radius 2 is 1.89 bits per heavy atom. The molecule has 2 heterocycles. The molecule has 2 aliphatic rings. The Morgan fingerprint density at radius 3 is 2.50 bits per heavy atom. The zero-order valence-corrected chi connectivity index (χ0v) is 9.93. The minimum atomic E-state index is -4.27. The molecule has 0 unspecified atom stereocenters. The number of alkyl halides is 3. The van der Waals surface area contributed by atoms with Gasteiger partial charge in [0.15, 0.2) is 0 Å². The lowest BCUT2D eigenvalue weighted by molar-refractivity contribution is -0.137. The van der Waals surface area contributed by atoms with Crippen molar-refractivity contribution in [2.45, 2.75) is 12.6 Å². The molecule has 2 nitrogen and oxygen atoms in total. The molecule has 18 heavy (non-hydrogen) atoms. The van der Waals surface area contributed by atoms with Crippen LogP contribution in [0.1, 0.15) is 12.0 Å². The van der Waals surface area contributed by atoms with Crippen LogP contribution in [0.4, 0.5) is 18.9 Å². The van der Waals surface area contributed by atoms with E-state index in [-0.39, 0.29) is 5.41 Å². The second kappa shape index (κ2) is 3.88. The van der Waals surface area contributed by atoms with Crippen LogP contribution in [0.15, 0.2) is 24.3 Å². The zero-order valence-electron chi connectivity index (χ0n) is 9.93. The van der Waals surface area contributed by atoms with Gasteiger partial charge in [0.1, 0.15) is 0 Å². The van der Waals surface area contributed by atoms with Gasteiger partial charge in [0.25, 0.3) is 0 Å². The van der Waals surface area contributed by atoms with Crippen molar-refractivity contribution in [3.05, 3.63) is 29.8 Å². The van der Waals surface area contributed by atoms with Crippen molar-refractivity contribution >= 4 is 5.69 Å². The SMILES string of the molecule is FC(F)(F)c1ccccc1N1CC2(CCNC2)C1. The molecule has 1 spiro atoms. The number of nitrogens with zero attached hydrogens (tertiary/aromatic N) is 1. The quantitative estimate of drug-likeness (QED) is 0.830. The maximum atomic E-state index is 12.9. The summed E-state index contributed by atoms with van der Waals surface area (Å²) in [6.45, 7) is 3.37. The average molecular weight is 256 g/mol. The highest BCUT2D eigenvalue weighted by atomic mass is 19.4. The second-order valence-corrected chi connectivity index (χ2v) is 5.30. The molecule has 2 fully saturated rings. The summed E-state index contributed by atoms with van der Waals surface area (Å²) in [7, 11) is 0. The van der Waals surface area contributed by atoms with E-state index in [0.29, 0.717) is 5.69 Å². The smallest absolute Gasteiger partial charge is 0.370 e. The summed E-state index contributed by atoms with van der Waals surface area (Å²) in [6.07, 6.45) is -3.20. The van der Waals surface area contributed by atoms with Gasteiger partial charge in [0, 0.05) is 30.7 Å². The van der Waals surface area contributed by atoms with Crippen LogP contribution in [0.2, 0.25) is 0 Å². The van der Waals surface area contributed by atoms with Crippen LogP contribution in [-0.4, -0.2) is 26.2 Å². The van der Waals surface area contributed by atoms with Gasteiger partial charge in [-0.05, 0) is 25.1 Å². The van der Waals surface area contributed by atoms with E-state index in [1.807, 2.05) is 4.90 Å². The van der Waals surface area contributed by atoms with E-state index in [0.717, 1.165) is 38.7 Å². The lowest BCUT2D eigenvalue weighted by Crippen LogP contribution is -2.58. The molecule has 0 saturated carbocycles. The third-order valence-electron chi connectivity index (χ3n) is 3.93. The van der Waals surface area contributed by atoms with Crippen LogP contribution in [0.5, 0.6) is 0 Å². The standard InChI is InChI=1S/C13H15F3N2/c14-13(15,16)10-3-1-2-4-11(10)18-8-12(9-18)5-6-17-7-12/h1-4,17H,5-9H2. The number of hydrogen-bond acceptors (Lipinski definition) is 2. The van der Waals surface area contributed by atoms with Gasteiger partial charge in [0.05, 0.1) is 5.56 Å². The third kappa shape index (κ3) is 1.86. The maximum absolute atomic E-state index is 12.9. The van der Waals surface area contributed by atoms with Gasteiger partial charge in [-0.2, -0.15) is 13.2 Å². The van der Waals surface area contributed by atoms with Crippen molar-refractivity contribution in [1.29, 1.82) is 0 Å². The van der Waals surface area contributed by atoms with Gasteiger partial charge >= 0.3 is 6.18 Å². The largest absolute Gasteiger partial charge is 0.418 e. The van der Waals surface area contributed by atoms with Gasteiger partial charge in [-0.25, -0.2) is 0 Å². The van der Waals surface area contributed by atoms with Crippen molar-refractivity contribution in [1.82, 2.24) is 5.32 Å². The van der Waals surface area contributed by atoms with Crippen molar-refractivity contribution in [3.63, 3.8) is 0 Å². The molecule has 0 bridgehead atoms. The van der Waals surface area contributed by atoms with Crippen LogP contribution in [0.25, 0.3) is 0 Å². The lowest BCUT2D eigenvalue weighted by atomic mass is 9.78. The molecule has 0 amide bonds. The average Bonchev–Trinajstić information content (AvgIpc) is 2.75. The Labute approximate surface area is 104 Å². The Morgan fingerprint density at radius 1 is 1.17 bits per heavy atom. The first kappa shape index (κ1) is 11.8. The summed E-state index contributed by atoms with van der Waals surface area (Å²) in [5.74, 6) is 0. The fourth-order valence-corrected chi connectivity index (χ4v) is 2.99. The predicted molar refractivity (Wildman–Crippen MR) is 63.6 cm³/mol. The van der Waals surface area contributed by atoms with Crippen molar-refractivity contribution < 1.29 is 13.2 Å². The normalized spacial score (nSPS) is 22.3. The molecule has 1 aromatic carbocycles. The Bertz CT molecular complexity index is 442. The maximum Gasteiger partial charge on any atom is 0.418 e.